The Kier molecular flexibility index (Phi) is 6.05. The summed E-state index contributed by atoms with van der Waals surface area (Å²) in [7, 11) is 4.18. The van der Waals surface area contributed by atoms with Crippen molar-refractivity contribution in [1.29, 1.82) is 0 Å². The van der Waals surface area contributed by atoms with Gasteiger partial charge in [0.1, 0.15) is 0 Å². The van der Waals surface area contributed by atoms with Crippen molar-refractivity contribution in [2.24, 2.45) is 5.92 Å². The van der Waals surface area contributed by atoms with E-state index < -0.39 is 0 Å². The van der Waals surface area contributed by atoms with Gasteiger partial charge in [-0.3, -0.25) is 0 Å². The first-order valence-corrected chi connectivity index (χ1v) is 5.33. The van der Waals surface area contributed by atoms with Crippen LogP contribution in [0, 0.1) is 5.92 Å². The molecule has 0 heterocycles. The van der Waals surface area contributed by atoms with Gasteiger partial charge >= 0.3 is 0 Å². The molecule has 14 heavy (non-hydrogen) atoms. The van der Waals surface area contributed by atoms with Crippen LogP contribution in [0.2, 0.25) is 0 Å². The zero-order valence-corrected chi connectivity index (χ0v) is 10.5. The van der Waals surface area contributed by atoms with Crippen molar-refractivity contribution in [2.75, 3.05) is 20.7 Å². The molecule has 2 unspecified atom stereocenters. The predicted octanol–water partition coefficient (Wildman–Crippen LogP) is 2.29. The maximum absolute atomic E-state index is 9.06. The molecule has 2 atom stereocenters. The highest BCUT2D eigenvalue weighted by atomic mass is 16.3. The summed E-state index contributed by atoms with van der Waals surface area (Å²) >= 11 is 0. The Morgan fingerprint density at radius 2 is 1.71 bits per heavy atom. The Labute approximate surface area is 88.6 Å². The van der Waals surface area contributed by atoms with E-state index in [9.17, 15) is 0 Å². The average Bonchev–Trinajstić information content (AvgIpc) is 2.11. The molecule has 0 radical (unpaired) electrons. The van der Waals surface area contributed by atoms with Crippen LogP contribution in [0.3, 0.4) is 0 Å². The number of aliphatic hydroxyl groups excluding tert-OH is 1. The molecule has 0 aromatic heterocycles. The first-order chi connectivity index (χ1) is 6.41. The lowest BCUT2D eigenvalue weighted by Gasteiger charge is -2.30. The highest BCUT2D eigenvalue weighted by Gasteiger charge is 2.20. The lowest BCUT2D eigenvalue weighted by molar-refractivity contribution is 0.199. The molecular formula is C12H25NO. The van der Waals surface area contributed by atoms with Crippen molar-refractivity contribution in [2.45, 2.75) is 40.2 Å². The van der Waals surface area contributed by atoms with E-state index in [1.807, 2.05) is 0 Å². The fourth-order valence-electron chi connectivity index (χ4n) is 1.69. The van der Waals surface area contributed by atoms with Gasteiger partial charge in [0.25, 0.3) is 0 Å². The van der Waals surface area contributed by atoms with Gasteiger partial charge < -0.3 is 10.0 Å². The van der Waals surface area contributed by atoms with E-state index in [-0.39, 0.29) is 6.61 Å². The van der Waals surface area contributed by atoms with Crippen molar-refractivity contribution >= 4 is 0 Å². The van der Waals surface area contributed by atoms with E-state index in [0.29, 0.717) is 12.0 Å². The van der Waals surface area contributed by atoms with Crippen LogP contribution < -0.4 is 0 Å². The van der Waals surface area contributed by atoms with Crippen LogP contribution in [0.1, 0.15) is 34.1 Å². The third-order valence-corrected chi connectivity index (χ3v) is 3.18. The first-order valence-electron chi connectivity index (χ1n) is 5.33. The van der Waals surface area contributed by atoms with Crippen LogP contribution in [0.25, 0.3) is 0 Å². The normalized spacial score (nSPS) is 15.4. The summed E-state index contributed by atoms with van der Waals surface area (Å²) in [5.74, 6) is 0.472. The highest BCUT2D eigenvalue weighted by molar-refractivity contribution is 5.12. The smallest absolute Gasteiger partial charge is 0.0437 e. The number of hydrogen-bond acceptors (Lipinski definition) is 2. The molecule has 0 amide bonds. The molecule has 84 valence electrons. The fraction of sp³-hybridized carbons (Fsp3) is 0.833. The Bertz CT molecular complexity index is 192. The third kappa shape index (κ3) is 3.81. The van der Waals surface area contributed by atoms with E-state index in [1.165, 1.54) is 11.1 Å². The van der Waals surface area contributed by atoms with Gasteiger partial charge in [0.05, 0.1) is 0 Å². The summed E-state index contributed by atoms with van der Waals surface area (Å²) in [4.78, 5) is 2.22. The molecule has 0 aliphatic carbocycles. The Morgan fingerprint density at radius 3 is 2.00 bits per heavy atom. The second kappa shape index (κ2) is 6.20. The summed E-state index contributed by atoms with van der Waals surface area (Å²) in [6.07, 6.45) is 0.857. The number of nitrogens with zero attached hydrogens (tertiary/aromatic N) is 1. The summed E-state index contributed by atoms with van der Waals surface area (Å²) in [5.41, 5.74) is 2.79. The van der Waals surface area contributed by atoms with Gasteiger partial charge in [-0.1, -0.05) is 11.1 Å². The van der Waals surface area contributed by atoms with Gasteiger partial charge in [-0.15, -0.1) is 0 Å². The molecule has 0 saturated heterocycles. The molecule has 0 aromatic rings. The van der Waals surface area contributed by atoms with Crippen LogP contribution in [-0.4, -0.2) is 36.8 Å². The van der Waals surface area contributed by atoms with Crippen molar-refractivity contribution < 1.29 is 5.11 Å². The fourth-order valence-corrected chi connectivity index (χ4v) is 1.69. The Balaban J connectivity index is 4.68. The zero-order chi connectivity index (χ0) is 11.3. The SMILES string of the molecule is CC(C)=C(C)C(CCO)C(C)N(C)C. The second-order valence-electron chi connectivity index (χ2n) is 4.51. The predicted molar refractivity (Wildman–Crippen MR) is 62.4 cm³/mol. The van der Waals surface area contributed by atoms with Gasteiger partial charge in [-0.2, -0.15) is 0 Å². The zero-order valence-electron chi connectivity index (χ0n) is 10.5. The summed E-state index contributed by atoms with van der Waals surface area (Å²) in [6, 6.07) is 0.483. The molecule has 0 aliphatic rings. The third-order valence-electron chi connectivity index (χ3n) is 3.18. The molecule has 1 N–H and O–H groups in total. The van der Waals surface area contributed by atoms with E-state index in [1.54, 1.807) is 0 Å². The molecule has 0 saturated carbocycles. The van der Waals surface area contributed by atoms with Crippen molar-refractivity contribution in [3.8, 4) is 0 Å². The van der Waals surface area contributed by atoms with Crippen LogP contribution in [0.15, 0.2) is 11.1 Å². The maximum Gasteiger partial charge on any atom is 0.0437 e. The molecule has 0 fully saturated rings. The molecule has 0 aromatic carbocycles. The lowest BCUT2D eigenvalue weighted by atomic mass is 9.87. The number of rotatable bonds is 5. The van der Waals surface area contributed by atoms with Gasteiger partial charge in [0, 0.05) is 12.6 Å². The van der Waals surface area contributed by atoms with Crippen LogP contribution in [0.5, 0.6) is 0 Å². The standard InChI is InChI=1S/C12H25NO/c1-9(2)10(3)12(7-8-14)11(4)13(5)6/h11-12,14H,7-8H2,1-6H3. The number of allylic oxidation sites excluding steroid dienone is 1. The van der Waals surface area contributed by atoms with E-state index in [0.717, 1.165) is 6.42 Å². The quantitative estimate of drug-likeness (QED) is 0.687. The summed E-state index contributed by atoms with van der Waals surface area (Å²) in [5, 5.41) is 9.06. The topological polar surface area (TPSA) is 23.5 Å². The van der Waals surface area contributed by atoms with E-state index in [2.05, 4.69) is 46.7 Å². The maximum atomic E-state index is 9.06. The second-order valence-corrected chi connectivity index (χ2v) is 4.51. The van der Waals surface area contributed by atoms with Gasteiger partial charge in [0.2, 0.25) is 0 Å². The average molecular weight is 199 g/mol. The molecule has 0 rings (SSSR count). The minimum atomic E-state index is 0.271. The summed E-state index contributed by atoms with van der Waals surface area (Å²) in [6.45, 7) is 8.94. The minimum Gasteiger partial charge on any atom is -0.396 e. The van der Waals surface area contributed by atoms with E-state index in [4.69, 9.17) is 5.11 Å². The minimum absolute atomic E-state index is 0.271. The highest BCUT2D eigenvalue weighted by Crippen LogP contribution is 2.24. The van der Waals surface area contributed by atoms with Crippen LogP contribution >= 0.6 is 0 Å². The van der Waals surface area contributed by atoms with Crippen LogP contribution in [-0.2, 0) is 0 Å². The molecule has 0 spiro atoms. The van der Waals surface area contributed by atoms with E-state index >= 15 is 0 Å². The van der Waals surface area contributed by atoms with Gasteiger partial charge in [0.15, 0.2) is 0 Å². The van der Waals surface area contributed by atoms with Crippen molar-refractivity contribution in [1.82, 2.24) is 4.90 Å². The number of hydrogen-bond donors (Lipinski definition) is 1. The summed E-state index contributed by atoms with van der Waals surface area (Å²) < 4.78 is 0. The van der Waals surface area contributed by atoms with Crippen molar-refractivity contribution in [3.63, 3.8) is 0 Å². The Morgan fingerprint density at radius 1 is 1.21 bits per heavy atom. The van der Waals surface area contributed by atoms with Crippen LogP contribution in [0.4, 0.5) is 0 Å². The molecule has 2 heteroatoms. The number of aliphatic hydroxyl groups is 1. The molecule has 0 bridgehead atoms. The monoisotopic (exact) mass is 199 g/mol. The van der Waals surface area contributed by atoms with Crippen molar-refractivity contribution in [3.05, 3.63) is 11.1 Å². The largest absolute Gasteiger partial charge is 0.396 e. The molecule has 0 aliphatic heterocycles. The van der Waals surface area contributed by atoms with Gasteiger partial charge in [-0.05, 0) is 54.1 Å². The molecular weight excluding hydrogens is 174 g/mol. The lowest BCUT2D eigenvalue weighted by Crippen LogP contribution is -2.34. The molecule has 2 nitrogen and oxygen atoms in total. The first kappa shape index (κ1) is 13.7. The Hall–Kier alpha value is -0.340. The van der Waals surface area contributed by atoms with Gasteiger partial charge in [-0.25, -0.2) is 0 Å².